The summed E-state index contributed by atoms with van der Waals surface area (Å²) in [4.78, 5) is 17.5. The highest BCUT2D eigenvalue weighted by Crippen LogP contribution is 2.30. The first-order chi connectivity index (χ1) is 13.3. The summed E-state index contributed by atoms with van der Waals surface area (Å²) in [6.07, 6.45) is 6.86. The minimum absolute atomic E-state index is 0.00683. The fourth-order valence-electron chi connectivity index (χ4n) is 2.91. The van der Waals surface area contributed by atoms with Gasteiger partial charge < -0.3 is 14.8 Å². The molecule has 1 N–H and O–H groups in total. The van der Waals surface area contributed by atoms with Crippen molar-refractivity contribution in [2.45, 2.75) is 13.0 Å². The number of aryl methyl sites for hydroxylation is 1. The van der Waals surface area contributed by atoms with Crippen LogP contribution in [0, 0.1) is 6.92 Å². The Morgan fingerprint density at radius 2 is 1.85 bits per heavy atom. The van der Waals surface area contributed by atoms with Crippen molar-refractivity contribution in [3.05, 3.63) is 54.7 Å². The van der Waals surface area contributed by atoms with Crippen molar-refractivity contribution in [1.82, 2.24) is 19.9 Å². The molecule has 0 saturated carbocycles. The third kappa shape index (κ3) is 4.27. The summed E-state index contributed by atoms with van der Waals surface area (Å²) in [5, 5.41) is 3.26. The van der Waals surface area contributed by atoms with Crippen LogP contribution in [0.5, 0.6) is 0 Å². The molecule has 0 unspecified atom stereocenters. The second-order valence-corrected chi connectivity index (χ2v) is 6.40. The molecule has 3 aromatic rings. The Labute approximate surface area is 157 Å². The summed E-state index contributed by atoms with van der Waals surface area (Å²) < 4.78 is 11.1. The average molecular weight is 363 g/mol. The zero-order valence-electron chi connectivity index (χ0n) is 15.1. The Kier molecular flexibility index (Phi) is 5.32. The van der Waals surface area contributed by atoms with E-state index in [1.54, 1.807) is 18.6 Å². The summed E-state index contributed by atoms with van der Waals surface area (Å²) in [5.74, 6) is 0.556. The Hall–Kier alpha value is -2.90. The summed E-state index contributed by atoms with van der Waals surface area (Å²) in [5.41, 5.74) is 4.82. The van der Waals surface area contributed by atoms with Gasteiger partial charge >= 0.3 is 0 Å². The maximum Gasteiger partial charge on any atom is 0.223 e. The van der Waals surface area contributed by atoms with Gasteiger partial charge in [-0.3, -0.25) is 0 Å². The van der Waals surface area contributed by atoms with Gasteiger partial charge in [-0.05, 0) is 6.92 Å². The topological polar surface area (TPSA) is 82.1 Å². The number of benzene rings is 1. The van der Waals surface area contributed by atoms with Crippen LogP contribution in [-0.4, -0.2) is 52.4 Å². The molecule has 3 heterocycles. The van der Waals surface area contributed by atoms with Crippen molar-refractivity contribution in [1.29, 1.82) is 0 Å². The fraction of sp³-hybridized carbons (Fsp3) is 0.300. The molecule has 1 aromatic carbocycles. The third-order valence-corrected chi connectivity index (χ3v) is 4.36. The molecular formula is C20H21N5O2. The largest absolute Gasteiger partial charge is 0.376 e. The molecule has 1 saturated heterocycles. The van der Waals surface area contributed by atoms with Gasteiger partial charge in [-0.1, -0.05) is 29.8 Å². The summed E-state index contributed by atoms with van der Waals surface area (Å²) in [7, 11) is 0. The maximum atomic E-state index is 5.66. The van der Waals surface area contributed by atoms with E-state index in [0.717, 1.165) is 22.4 Å². The molecule has 0 radical (unpaired) electrons. The van der Waals surface area contributed by atoms with Crippen LogP contribution >= 0.6 is 0 Å². The number of aromatic nitrogens is 4. The van der Waals surface area contributed by atoms with Crippen LogP contribution in [-0.2, 0) is 9.47 Å². The Bertz CT molecular complexity index is 881. The number of hydrogen-bond acceptors (Lipinski definition) is 7. The molecule has 4 rings (SSSR count). The number of nitrogens with one attached hydrogen (secondary N) is 1. The highest BCUT2D eigenvalue weighted by Gasteiger charge is 2.16. The second kappa shape index (κ2) is 8.20. The summed E-state index contributed by atoms with van der Waals surface area (Å²) in [6, 6.07) is 8.27. The van der Waals surface area contributed by atoms with E-state index in [4.69, 9.17) is 14.5 Å². The average Bonchev–Trinajstić information content (AvgIpc) is 2.74. The SMILES string of the molecule is Cc1ccc(-c2nc(NC[C@@H]3COCCO3)ncc2-c2cncnc2)cc1. The first kappa shape index (κ1) is 17.5. The van der Waals surface area contributed by atoms with E-state index in [2.05, 4.69) is 51.5 Å². The van der Waals surface area contributed by atoms with E-state index in [-0.39, 0.29) is 6.10 Å². The number of ether oxygens (including phenoxy) is 2. The quantitative estimate of drug-likeness (QED) is 0.746. The number of rotatable bonds is 5. The lowest BCUT2D eigenvalue weighted by Crippen LogP contribution is -2.34. The Balaban J connectivity index is 1.64. The van der Waals surface area contributed by atoms with E-state index < -0.39 is 0 Å². The highest BCUT2D eigenvalue weighted by atomic mass is 16.6. The summed E-state index contributed by atoms with van der Waals surface area (Å²) in [6.45, 7) is 4.51. The van der Waals surface area contributed by atoms with E-state index in [0.29, 0.717) is 32.3 Å². The van der Waals surface area contributed by atoms with Crippen molar-refractivity contribution in [2.75, 3.05) is 31.7 Å². The van der Waals surface area contributed by atoms with Gasteiger partial charge in [0.15, 0.2) is 0 Å². The van der Waals surface area contributed by atoms with Crippen molar-refractivity contribution < 1.29 is 9.47 Å². The predicted octanol–water partition coefficient (Wildman–Crippen LogP) is 2.74. The molecule has 138 valence electrons. The number of hydrogen-bond donors (Lipinski definition) is 1. The molecule has 0 amide bonds. The predicted molar refractivity (Wildman–Crippen MR) is 102 cm³/mol. The molecule has 7 heteroatoms. The molecule has 0 bridgehead atoms. The van der Waals surface area contributed by atoms with Crippen molar-refractivity contribution in [3.63, 3.8) is 0 Å². The monoisotopic (exact) mass is 363 g/mol. The van der Waals surface area contributed by atoms with Crippen LogP contribution in [0.15, 0.2) is 49.2 Å². The zero-order valence-corrected chi connectivity index (χ0v) is 15.1. The van der Waals surface area contributed by atoms with Crippen LogP contribution in [0.2, 0.25) is 0 Å². The lowest BCUT2D eigenvalue weighted by Gasteiger charge is -2.23. The van der Waals surface area contributed by atoms with Crippen LogP contribution in [0.1, 0.15) is 5.56 Å². The van der Waals surface area contributed by atoms with Crippen LogP contribution in [0.3, 0.4) is 0 Å². The van der Waals surface area contributed by atoms with Gasteiger partial charge in [0.05, 0.1) is 31.6 Å². The van der Waals surface area contributed by atoms with Crippen LogP contribution in [0.4, 0.5) is 5.95 Å². The first-order valence-electron chi connectivity index (χ1n) is 8.92. The lowest BCUT2D eigenvalue weighted by molar-refractivity contribution is -0.0819. The number of anilines is 1. The maximum absolute atomic E-state index is 5.66. The Morgan fingerprint density at radius 3 is 2.59 bits per heavy atom. The fourth-order valence-corrected chi connectivity index (χ4v) is 2.91. The normalized spacial score (nSPS) is 16.9. The van der Waals surface area contributed by atoms with E-state index in [1.807, 2.05) is 0 Å². The van der Waals surface area contributed by atoms with Gasteiger partial charge in [0.25, 0.3) is 0 Å². The van der Waals surface area contributed by atoms with Crippen molar-refractivity contribution in [2.24, 2.45) is 0 Å². The van der Waals surface area contributed by atoms with Crippen LogP contribution < -0.4 is 5.32 Å². The zero-order chi connectivity index (χ0) is 18.5. The van der Waals surface area contributed by atoms with Crippen LogP contribution in [0.25, 0.3) is 22.4 Å². The molecular weight excluding hydrogens is 342 g/mol. The van der Waals surface area contributed by atoms with E-state index in [1.165, 1.54) is 11.9 Å². The van der Waals surface area contributed by atoms with E-state index in [9.17, 15) is 0 Å². The third-order valence-electron chi connectivity index (χ3n) is 4.36. The van der Waals surface area contributed by atoms with Gasteiger partial charge in [-0.15, -0.1) is 0 Å². The lowest BCUT2D eigenvalue weighted by atomic mass is 10.0. The minimum atomic E-state index is 0.00683. The van der Waals surface area contributed by atoms with Gasteiger partial charge in [0, 0.05) is 41.8 Å². The molecule has 7 nitrogen and oxygen atoms in total. The minimum Gasteiger partial charge on any atom is -0.376 e. The molecule has 1 aliphatic rings. The molecule has 0 aliphatic carbocycles. The van der Waals surface area contributed by atoms with Gasteiger partial charge in [-0.2, -0.15) is 0 Å². The van der Waals surface area contributed by atoms with Crippen molar-refractivity contribution >= 4 is 5.95 Å². The molecule has 2 aromatic heterocycles. The van der Waals surface area contributed by atoms with Crippen molar-refractivity contribution in [3.8, 4) is 22.4 Å². The standard InChI is InChI=1S/C20H21N5O2/c1-14-2-4-15(5-3-14)19-18(16-8-21-13-22-9-16)11-24-20(25-19)23-10-17-12-26-6-7-27-17/h2-5,8-9,11,13,17H,6-7,10,12H2,1H3,(H,23,24,25)/t17-/m1/s1. The smallest absolute Gasteiger partial charge is 0.223 e. The van der Waals surface area contributed by atoms with E-state index >= 15 is 0 Å². The molecule has 0 spiro atoms. The highest BCUT2D eigenvalue weighted by molar-refractivity contribution is 5.80. The van der Waals surface area contributed by atoms with Gasteiger partial charge in [0.1, 0.15) is 6.33 Å². The van der Waals surface area contributed by atoms with Gasteiger partial charge in [-0.25, -0.2) is 19.9 Å². The number of nitrogens with zero attached hydrogens (tertiary/aromatic N) is 4. The van der Waals surface area contributed by atoms with Gasteiger partial charge in [0.2, 0.25) is 5.95 Å². The molecule has 1 fully saturated rings. The second-order valence-electron chi connectivity index (χ2n) is 6.40. The molecule has 27 heavy (non-hydrogen) atoms. The molecule has 1 aliphatic heterocycles. The first-order valence-corrected chi connectivity index (χ1v) is 8.92. The Morgan fingerprint density at radius 1 is 1.04 bits per heavy atom. The summed E-state index contributed by atoms with van der Waals surface area (Å²) >= 11 is 0. The molecule has 1 atom stereocenters.